The maximum absolute atomic E-state index is 12.3. The number of alkyl halides is 3. The summed E-state index contributed by atoms with van der Waals surface area (Å²) in [5.41, 5.74) is -0.428. The lowest BCUT2D eigenvalue weighted by Gasteiger charge is -2.00. The zero-order valence-corrected chi connectivity index (χ0v) is 10.0. The lowest BCUT2D eigenvalue weighted by molar-refractivity contribution is -0.141. The monoisotopic (exact) mass is 273 g/mol. The lowest BCUT2D eigenvalue weighted by atomic mass is 10.3. The maximum atomic E-state index is 12.3. The molecule has 0 bridgehead atoms. The van der Waals surface area contributed by atoms with E-state index in [1.165, 1.54) is 4.68 Å². The molecule has 1 amide bonds. The first kappa shape index (κ1) is 13.1. The summed E-state index contributed by atoms with van der Waals surface area (Å²) in [5, 5.41) is 11.5. The summed E-state index contributed by atoms with van der Waals surface area (Å²) >= 11 is 0. The molecule has 0 aliphatic heterocycles. The third-order valence-corrected chi connectivity index (χ3v) is 2.38. The van der Waals surface area contributed by atoms with Crippen molar-refractivity contribution in [2.24, 2.45) is 7.05 Å². The van der Waals surface area contributed by atoms with E-state index in [2.05, 4.69) is 15.5 Å². The summed E-state index contributed by atoms with van der Waals surface area (Å²) in [6.07, 6.45) is -3.01. The van der Waals surface area contributed by atoms with Crippen molar-refractivity contribution in [2.45, 2.75) is 13.1 Å². The summed E-state index contributed by atoms with van der Waals surface area (Å²) in [6, 6.07) is 0.654. The Kier molecular flexibility index (Phi) is 3.05. The first-order valence-electron chi connectivity index (χ1n) is 5.21. The molecule has 0 radical (unpaired) electrons. The Morgan fingerprint density at radius 1 is 1.47 bits per heavy atom. The highest BCUT2D eigenvalue weighted by molar-refractivity contribution is 6.03. The summed E-state index contributed by atoms with van der Waals surface area (Å²) in [5.74, 6) is -0.733. The SMILES string of the molecule is Cc1nn(C)cc1NC(=O)c1cc(C(F)(F)F)[nH]n1. The van der Waals surface area contributed by atoms with Gasteiger partial charge in [-0.3, -0.25) is 14.6 Å². The van der Waals surface area contributed by atoms with Crippen molar-refractivity contribution in [1.82, 2.24) is 20.0 Å². The number of rotatable bonds is 2. The van der Waals surface area contributed by atoms with Gasteiger partial charge in [0.15, 0.2) is 5.69 Å². The summed E-state index contributed by atoms with van der Waals surface area (Å²) in [7, 11) is 1.67. The van der Waals surface area contributed by atoms with Crippen LogP contribution in [0.2, 0.25) is 0 Å². The van der Waals surface area contributed by atoms with E-state index in [0.717, 1.165) is 0 Å². The van der Waals surface area contributed by atoms with E-state index in [1.807, 2.05) is 0 Å². The zero-order chi connectivity index (χ0) is 14.2. The van der Waals surface area contributed by atoms with E-state index in [4.69, 9.17) is 0 Å². The molecule has 9 heteroatoms. The van der Waals surface area contributed by atoms with Crippen LogP contribution in [-0.2, 0) is 13.2 Å². The number of nitrogens with zero attached hydrogens (tertiary/aromatic N) is 3. The molecule has 2 aromatic heterocycles. The molecule has 0 aliphatic carbocycles. The van der Waals surface area contributed by atoms with Crippen LogP contribution in [0.5, 0.6) is 0 Å². The molecule has 0 saturated carbocycles. The highest BCUT2D eigenvalue weighted by Gasteiger charge is 2.33. The highest BCUT2D eigenvalue weighted by Crippen LogP contribution is 2.27. The number of aromatic nitrogens is 4. The molecule has 0 spiro atoms. The Morgan fingerprint density at radius 2 is 2.16 bits per heavy atom. The van der Waals surface area contributed by atoms with Gasteiger partial charge in [0, 0.05) is 19.3 Å². The fourth-order valence-electron chi connectivity index (χ4n) is 1.49. The van der Waals surface area contributed by atoms with Gasteiger partial charge in [0.1, 0.15) is 5.69 Å². The number of anilines is 1. The molecule has 2 aromatic rings. The topological polar surface area (TPSA) is 75.6 Å². The van der Waals surface area contributed by atoms with Crippen LogP contribution in [0.3, 0.4) is 0 Å². The van der Waals surface area contributed by atoms with E-state index < -0.39 is 17.8 Å². The van der Waals surface area contributed by atoms with Crippen molar-refractivity contribution in [3.63, 3.8) is 0 Å². The molecule has 0 atom stereocenters. The quantitative estimate of drug-likeness (QED) is 0.874. The Hall–Kier alpha value is -2.32. The predicted molar refractivity (Wildman–Crippen MR) is 59.5 cm³/mol. The zero-order valence-electron chi connectivity index (χ0n) is 10.0. The molecule has 2 rings (SSSR count). The van der Waals surface area contributed by atoms with Crippen molar-refractivity contribution >= 4 is 11.6 Å². The fraction of sp³-hybridized carbons (Fsp3) is 0.300. The van der Waals surface area contributed by atoms with Gasteiger partial charge >= 0.3 is 6.18 Å². The van der Waals surface area contributed by atoms with Crippen LogP contribution in [0.25, 0.3) is 0 Å². The molecular formula is C10H10F3N5O. The number of nitrogens with one attached hydrogen (secondary N) is 2. The van der Waals surface area contributed by atoms with E-state index in [-0.39, 0.29) is 5.69 Å². The van der Waals surface area contributed by atoms with Gasteiger partial charge in [0.05, 0.1) is 11.4 Å². The largest absolute Gasteiger partial charge is 0.432 e. The fourth-order valence-corrected chi connectivity index (χ4v) is 1.49. The number of amides is 1. The minimum atomic E-state index is -4.56. The van der Waals surface area contributed by atoms with Gasteiger partial charge in [-0.25, -0.2) is 0 Å². The number of aryl methyl sites for hydroxylation is 2. The predicted octanol–water partition coefficient (Wildman–Crippen LogP) is 1.72. The molecular weight excluding hydrogens is 263 g/mol. The number of hydrogen-bond acceptors (Lipinski definition) is 3. The molecule has 0 aromatic carbocycles. The molecule has 0 aliphatic rings. The van der Waals surface area contributed by atoms with E-state index in [0.29, 0.717) is 17.4 Å². The minimum absolute atomic E-state index is 0.337. The van der Waals surface area contributed by atoms with E-state index in [9.17, 15) is 18.0 Å². The molecule has 19 heavy (non-hydrogen) atoms. The van der Waals surface area contributed by atoms with Gasteiger partial charge in [0.25, 0.3) is 5.91 Å². The van der Waals surface area contributed by atoms with Crippen molar-refractivity contribution < 1.29 is 18.0 Å². The van der Waals surface area contributed by atoms with Gasteiger partial charge in [-0.1, -0.05) is 0 Å². The number of halogens is 3. The second-order valence-electron chi connectivity index (χ2n) is 3.92. The van der Waals surface area contributed by atoms with Gasteiger partial charge in [-0.2, -0.15) is 23.4 Å². The van der Waals surface area contributed by atoms with E-state index in [1.54, 1.807) is 25.3 Å². The van der Waals surface area contributed by atoms with Crippen molar-refractivity contribution in [2.75, 3.05) is 5.32 Å². The summed E-state index contributed by atoms with van der Waals surface area (Å²) in [4.78, 5) is 11.7. The second-order valence-corrected chi connectivity index (χ2v) is 3.92. The Labute approximate surface area is 105 Å². The van der Waals surface area contributed by atoms with Crippen LogP contribution in [0.15, 0.2) is 12.3 Å². The van der Waals surface area contributed by atoms with Crippen molar-refractivity contribution in [1.29, 1.82) is 0 Å². The van der Waals surface area contributed by atoms with Crippen molar-refractivity contribution in [3.8, 4) is 0 Å². The highest BCUT2D eigenvalue weighted by atomic mass is 19.4. The number of hydrogen-bond donors (Lipinski definition) is 2. The van der Waals surface area contributed by atoms with Crippen molar-refractivity contribution in [3.05, 3.63) is 29.3 Å². The standard InChI is InChI=1S/C10H10F3N5O/c1-5-7(4-18(2)17-5)14-9(19)6-3-8(16-15-6)10(11,12)13/h3-4H,1-2H3,(H,14,19)(H,15,16). The van der Waals surface area contributed by atoms with Crippen LogP contribution in [-0.4, -0.2) is 25.9 Å². The molecule has 0 unspecified atom stereocenters. The Bertz CT molecular complexity index is 613. The first-order chi connectivity index (χ1) is 8.77. The number of H-pyrrole nitrogens is 1. The van der Waals surface area contributed by atoms with Crippen LogP contribution >= 0.6 is 0 Å². The van der Waals surface area contributed by atoms with Gasteiger partial charge in [0.2, 0.25) is 0 Å². The van der Waals surface area contributed by atoms with Crippen LogP contribution < -0.4 is 5.32 Å². The third kappa shape index (κ3) is 2.75. The Morgan fingerprint density at radius 3 is 2.63 bits per heavy atom. The van der Waals surface area contributed by atoms with Gasteiger partial charge in [-0.15, -0.1) is 0 Å². The average Bonchev–Trinajstić information content (AvgIpc) is 2.85. The first-order valence-corrected chi connectivity index (χ1v) is 5.21. The minimum Gasteiger partial charge on any atom is -0.318 e. The number of aromatic amines is 1. The average molecular weight is 273 g/mol. The molecule has 2 heterocycles. The number of carbonyl (C=O) groups is 1. The summed E-state index contributed by atoms with van der Waals surface area (Å²) in [6.45, 7) is 1.67. The molecule has 2 N–H and O–H groups in total. The normalized spacial score (nSPS) is 11.6. The maximum Gasteiger partial charge on any atom is 0.432 e. The smallest absolute Gasteiger partial charge is 0.318 e. The van der Waals surface area contributed by atoms with Gasteiger partial charge < -0.3 is 5.32 Å². The lowest BCUT2D eigenvalue weighted by Crippen LogP contribution is -2.12. The van der Waals surface area contributed by atoms with E-state index >= 15 is 0 Å². The van der Waals surface area contributed by atoms with Gasteiger partial charge in [-0.05, 0) is 6.92 Å². The van der Waals surface area contributed by atoms with Crippen LogP contribution in [0.4, 0.5) is 18.9 Å². The second kappa shape index (κ2) is 4.41. The number of carbonyl (C=O) groups excluding carboxylic acids is 1. The summed E-state index contributed by atoms with van der Waals surface area (Å²) < 4.78 is 38.5. The molecule has 6 nitrogen and oxygen atoms in total. The Balaban J connectivity index is 2.17. The molecule has 0 fully saturated rings. The molecule has 0 saturated heterocycles. The molecule has 102 valence electrons. The van der Waals surface area contributed by atoms with Crippen LogP contribution in [0, 0.1) is 6.92 Å². The third-order valence-electron chi connectivity index (χ3n) is 2.38. The van der Waals surface area contributed by atoms with Crippen LogP contribution in [0.1, 0.15) is 21.9 Å².